The van der Waals surface area contributed by atoms with Crippen molar-refractivity contribution < 1.29 is 9.47 Å². The highest BCUT2D eigenvalue weighted by Crippen LogP contribution is 2.46. The third kappa shape index (κ3) is 2.40. The lowest BCUT2D eigenvalue weighted by Gasteiger charge is -2.09. The average molecular weight is 334 g/mol. The molecule has 4 rings (SSSR count). The van der Waals surface area contributed by atoms with Crippen LogP contribution in [0.25, 0.3) is 16.9 Å². The van der Waals surface area contributed by atoms with Crippen molar-refractivity contribution in [2.75, 3.05) is 14.2 Å². The van der Waals surface area contributed by atoms with Crippen LogP contribution in [0.15, 0.2) is 30.3 Å². The average Bonchev–Trinajstić information content (AvgIpc) is 3.23. The quantitative estimate of drug-likeness (QED) is 0.732. The van der Waals surface area contributed by atoms with Gasteiger partial charge < -0.3 is 9.47 Å². The van der Waals surface area contributed by atoms with Crippen LogP contribution in [0.1, 0.15) is 31.2 Å². The lowest BCUT2D eigenvalue weighted by molar-refractivity contribution is 0.413. The molecule has 0 N–H and O–H groups in total. The normalized spacial score (nSPS) is 15.0. The number of pyridine rings is 1. The van der Waals surface area contributed by atoms with Gasteiger partial charge in [0, 0.05) is 11.0 Å². The Balaban J connectivity index is 1.93. The van der Waals surface area contributed by atoms with Gasteiger partial charge in [0.1, 0.15) is 11.8 Å². The van der Waals surface area contributed by atoms with Crippen molar-refractivity contribution >= 4 is 5.65 Å². The van der Waals surface area contributed by atoms with Crippen LogP contribution in [0, 0.1) is 11.3 Å². The summed E-state index contributed by atoms with van der Waals surface area (Å²) >= 11 is 0. The standard InChI is InChI=1S/C19H18N4O2/c1-19(8-9-19)18-21-17-15(24-2)7-6-14(23(17)22-18)12-4-5-13(11-20)16(10-12)25-3/h4-7,10H,8-9H2,1-3H3. The van der Waals surface area contributed by atoms with Crippen molar-refractivity contribution in [3.8, 4) is 28.8 Å². The molecule has 6 heteroatoms. The van der Waals surface area contributed by atoms with E-state index >= 15 is 0 Å². The monoisotopic (exact) mass is 334 g/mol. The molecule has 0 saturated heterocycles. The molecule has 3 aromatic rings. The van der Waals surface area contributed by atoms with Gasteiger partial charge in [-0.15, -0.1) is 5.10 Å². The molecular weight excluding hydrogens is 316 g/mol. The third-order valence-electron chi connectivity index (χ3n) is 4.83. The van der Waals surface area contributed by atoms with Gasteiger partial charge in [-0.2, -0.15) is 5.26 Å². The van der Waals surface area contributed by atoms with Crippen LogP contribution in [0.2, 0.25) is 0 Å². The Kier molecular flexibility index (Phi) is 3.39. The Morgan fingerprint density at radius 1 is 1.12 bits per heavy atom. The number of ether oxygens (including phenoxy) is 2. The van der Waals surface area contributed by atoms with Crippen molar-refractivity contribution in [1.82, 2.24) is 14.6 Å². The van der Waals surface area contributed by atoms with E-state index in [9.17, 15) is 5.26 Å². The molecule has 1 aromatic carbocycles. The summed E-state index contributed by atoms with van der Waals surface area (Å²) in [5.74, 6) is 2.07. The van der Waals surface area contributed by atoms with E-state index in [-0.39, 0.29) is 5.41 Å². The summed E-state index contributed by atoms with van der Waals surface area (Å²) in [6.45, 7) is 2.18. The molecule has 0 spiro atoms. The van der Waals surface area contributed by atoms with E-state index in [2.05, 4.69) is 13.0 Å². The van der Waals surface area contributed by atoms with Gasteiger partial charge in [0.2, 0.25) is 0 Å². The molecule has 0 atom stereocenters. The molecule has 1 aliphatic carbocycles. The second kappa shape index (κ2) is 5.49. The van der Waals surface area contributed by atoms with Crippen LogP contribution in [-0.4, -0.2) is 28.8 Å². The molecule has 1 aliphatic rings. The van der Waals surface area contributed by atoms with Crippen molar-refractivity contribution in [2.24, 2.45) is 0 Å². The number of methoxy groups -OCH3 is 2. The molecule has 0 unspecified atom stereocenters. The molecule has 25 heavy (non-hydrogen) atoms. The van der Waals surface area contributed by atoms with Crippen LogP contribution < -0.4 is 9.47 Å². The molecule has 1 fully saturated rings. The number of fused-ring (bicyclic) bond motifs is 1. The molecule has 0 bridgehead atoms. The van der Waals surface area contributed by atoms with Gasteiger partial charge >= 0.3 is 0 Å². The summed E-state index contributed by atoms with van der Waals surface area (Å²) in [5, 5.41) is 13.9. The molecule has 0 radical (unpaired) electrons. The van der Waals surface area contributed by atoms with Crippen molar-refractivity contribution in [1.29, 1.82) is 5.26 Å². The fraction of sp³-hybridized carbons (Fsp3) is 0.316. The maximum Gasteiger partial charge on any atom is 0.198 e. The smallest absolute Gasteiger partial charge is 0.198 e. The minimum atomic E-state index is 0.0661. The fourth-order valence-corrected chi connectivity index (χ4v) is 2.93. The number of nitriles is 1. The van der Waals surface area contributed by atoms with Crippen LogP contribution in [0.3, 0.4) is 0 Å². The highest BCUT2D eigenvalue weighted by atomic mass is 16.5. The van der Waals surface area contributed by atoms with E-state index < -0.39 is 0 Å². The van der Waals surface area contributed by atoms with Gasteiger partial charge in [-0.25, -0.2) is 9.50 Å². The summed E-state index contributed by atoms with van der Waals surface area (Å²) in [6, 6.07) is 11.5. The Hall–Kier alpha value is -3.07. The molecule has 2 heterocycles. The van der Waals surface area contributed by atoms with E-state index in [4.69, 9.17) is 19.6 Å². The third-order valence-corrected chi connectivity index (χ3v) is 4.83. The first-order valence-corrected chi connectivity index (χ1v) is 8.12. The first kappa shape index (κ1) is 15.5. The predicted octanol–water partition coefficient (Wildman–Crippen LogP) is 3.34. The topological polar surface area (TPSA) is 72.4 Å². The Morgan fingerprint density at radius 2 is 1.88 bits per heavy atom. The lowest BCUT2D eigenvalue weighted by atomic mass is 10.1. The van der Waals surface area contributed by atoms with Gasteiger partial charge in [-0.05, 0) is 37.1 Å². The molecule has 2 aromatic heterocycles. The van der Waals surface area contributed by atoms with Gasteiger partial charge in [0.15, 0.2) is 17.2 Å². The summed E-state index contributed by atoms with van der Waals surface area (Å²) < 4.78 is 12.6. The number of hydrogen-bond donors (Lipinski definition) is 0. The SMILES string of the molecule is COc1cc(-c2ccc(OC)c3nc(C4(C)CC4)nn23)ccc1C#N. The summed E-state index contributed by atoms with van der Waals surface area (Å²) in [5.41, 5.74) is 3.05. The molecular formula is C19H18N4O2. The lowest BCUT2D eigenvalue weighted by Crippen LogP contribution is -2.03. The largest absolute Gasteiger partial charge is 0.495 e. The Morgan fingerprint density at radius 3 is 2.52 bits per heavy atom. The first-order chi connectivity index (χ1) is 12.1. The minimum absolute atomic E-state index is 0.0661. The van der Waals surface area contributed by atoms with E-state index in [0.717, 1.165) is 29.9 Å². The Labute approximate surface area is 145 Å². The van der Waals surface area contributed by atoms with E-state index in [1.54, 1.807) is 20.3 Å². The zero-order chi connectivity index (χ0) is 17.6. The second-order valence-corrected chi connectivity index (χ2v) is 6.55. The van der Waals surface area contributed by atoms with Crippen molar-refractivity contribution in [3.05, 3.63) is 41.7 Å². The number of aromatic nitrogens is 3. The molecule has 6 nitrogen and oxygen atoms in total. The first-order valence-electron chi connectivity index (χ1n) is 8.12. The highest BCUT2D eigenvalue weighted by molar-refractivity contribution is 5.69. The summed E-state index contributed by atoms with van der Waals surface area (Å²) in [7, 11) is 3.19. The highest BCUT2D eigenvalue weighted by Gasteiger charge is 2.43. The molecule has 0 amide bonds. The van der Waals surface area contributed by atoms with Crippen molar-refractivity contribution in [2.45, 2.75) is 25.2 Å². The van der Waals surface area contributed by atoms with Gasteiger partial charge in [0.05, 0.1) is 25.5 Å². The maximum absolute atomic E-state index is 9.18. The summed E-state index contributed by atoms with van der Waals surface area (Å²) in [4.78, 5) is 4.72. The van der Waals surface area contributed by atoms with Gasteiger partial charge in [-0.3, -0.25) is 0 Å². The molecule has 0 aliphatic heterocycles. The number of hydrogen-bond acceptors (Lipinski definition) is 5. The van der Waals surface area contributed by atoms with Gasteiger partial charge in [0.25, 0.3) is 0 Å². The minimum Gasteiger partial charge on any atom is -0.495 e. The zero-order valence-electron chi connectivity index (χ0n) is 14.4. The van der Waals surface area contributed by atoms with Crippen LogP contribution in [0.5, 0.6) is 11.5 Å². The fourth-order valence-electron chi connectivity index (χ4n) is 2.93. The maximum atomic E-state index is 9.18. The van der Waals surface area contributed by atoms with Crippen LogP contribution in [0.4, 0.5) is 0 Å². The molecule has 126 valence electrons. The zero-order valence-corrected chi connectivity index (χ0v) is 14.4. The van der Waals surface area contributed by atoms with E-state index in [1.807, 2.05) is 28.8 Å². The number of rotatable bonds is 4. The van der Waals surface area contributed by atoms with E-state index in [0.29, 0.717) is 22.7 Å². The number of nitrogens with zero attached hydrogens (tertiary/aromatic N) is 4. The Bertz CT molecular complexity index is 1010. The van der Waals surface area contributed by atoms with Crippen molar-refractivity contribution in [3.63, 3.8) is 0 Å². The van der Waals surface area contributed by atoms with Crippen LogP contribution in [-0.2, 0) is 5.41 Å². The number of benzene rings is 1. The second-order valence-electron chi connectivity index (χ2n) is 6.55. The van der Waals surface area contributed by atoms with Crippen LogP contribution >= 0.6 is 0 Å². The summed E-state index contributed by atoms with van der Waals surface area (Å²) in [6.07, 6.45) is 2.21. The predicted molar refractivity (Wildman–Crippen MR) is 92.8 cm³/mol. The van der Waals surface area contributed by atoms with E-state index in [1.165, 1.54) is 0 Å². The van der Waals surface area contributed by atoms with Gasteiger partial charge in [-0.1, -0.05) is 13.0 Å². The molecule has 1 saturated carbocycles.